The molecule has 1 unspecified atom stereocenters. The van der Waals surface area contributed by atoms with E-state index in [0.29, 0.717) is 12.0 Å². The maximum atomic E-state index is 13.1. The van der Waals surface area contributed by atoms with E-state index in [4.69, 9.17) is 0 Å². The lowest BCUT2D eigenvalue weighted by atomic mass is 9.90. The molecule has 94 valence electrons. The smallest absolute Gasteiger partial charge is 0.141 e. The van der Waals surface area contributed by atoms with Gasteiger partial charge in [0.1, 0.15) is 5.82 Å². The van der Waals surface area contributed by atoms with E-state index in [1.165, 1.54) is 12.3 Å². The van der Waals surface area contributed by atoms with Crippen LogP contribution >= 0.6 is 15.9 Å². The second kappa shape index (κ2) is 5.16. The molecule has 0 saturated heterocycles. The Kier molecular flexibility index (Phi) is 3.78. The first-order valence-electron chi connectivity index (χ1n) is 5.55. The predicted molar refractivity (Wildman–Crippen MR) is 71.6 cm³/mol. The average Bonchev–Trinajstić information content (AvgIpc) is 2.32. The number of rotatable bonds is 3. The summed E-state index contributed by atoms with van der Waals surface area (Å²) in [7, 11) is 0. The first kappa shape index (κ1) is 13.2. The zero-order valence-electron chi connectivity index (χ0n) is 9.90. The van der Waals surface area contributed by atoms with Gasteiger partial charge in [-0.2, -0.15) is 0 Å². The van der Waals surface area contributed by atoms with E-state index >= 15 is 0 Å². The first-order chi connectivity index (χ1) is 8.47. The number of nitrogens with zero attached hydrogens (tertiary/aromatic N) is 1. The number of aromatic nitrogens is 1. The molecule has 2 aromatic rings. The summed E-state index contributed by atoms with van der Waals surface area (Å²) in [6.45, 7) is 1.66. The Balaban J connectivity index is 2.23. The van der Waals surface area contributed by atoms with Crippen molar-refractivity contribution in [2.24, 2.45) is 0 Å². The Morgan fingerprint density at radius 1 is 1.28 bits per heavy atom. The van der Waals surface area contributed by atoms with Crippen LogP contribution in [0.1, 0.15) is 18.1 Å². The highest BCUT2D eigenvalue weighted by atomic mass is 79.9. The molecule has 2 rings (SSSR count). The van der Waals surface area contributed by atoms with Crippen molar-refractivity contribution in [3.05, 3.63) is 64.1 Å². The minimum absolute atomic E-state index is 0.408. The van der Waals surface area contributed by atoms with Crippen LogP contribution in [0.2, 0.25) is 0 Å². The van der Waals surface area contributed by atoms with Crippen LogP contribution in [-0.2, 0) is 12.0 Å². The molecule has 1 atom stereocenters. The normalized spacial score (nSPS) is 14.2. The third-order valence-electron chi connectivity index (χ3n) is 2.79. The molecule has 0 radical (unpaired) electrons. The van der Waals surface area contributed by atoms with Crippen LogP contribution in [0.3, 0.4) is 0 Å². The summed E-state index contributed by atoms with van der Waals surface area (Å²) in [5, 5.41) is 10.4. The average molecular weight is 310 g/mol. The maximum absolute atomic E-state index is 13.1. The Labute approximate surface area is 114 Å². The number of aliphatic hydroxyl groups is 1. The SMILES string of the molecule is CC(O)(Cc1ccc(Br)cc1)c1cncc(F)c1. The first-order valence-corrected chi connectivity index (χ1v) is 6.34. The third kappa shape index (κ3) is 3.15. The zero-order chi connectivity index (χ0) is 13.2. The summed E-state index contributed by atoms with van der Waals surface area (Å²) >= 11 is 3.36. The maximum Gasteiger partial charge on any atom is 0.141 e. The topological polar surface area (TPSA) is 33.1 Å². The van der Waals surface area contributed by atoms with E-state index in [9.17, 15) is 9.50 Å². The van der Waals surface area contributed by atoms with Crippen LogP contribution in [0.15, 0.2) is 47.2 Å². The Bertz CT molecular complexity index is 540. The summed E-state index contributed by atoms with van der Waals surface area (Å²) in [4.78, 5) is 3.76. The van der Waals surface area contributed by atoms with Crippen molar-refractivity contribution < 1.29 is 9.50 Å². The highest BCUT2D eigenvalue weighted by molar-refractivity contribution is 9.10. The molecule has 0 bridgehead atoms. The lowest BCUT2D eigenvalue weighted by Crippen LogP contribution is -2.24. The molecule has 0 saturated carbocycles. The third-order valence-corrected chi connectivity index (χ3v) is 3.32. The van der Waals surface area contributed by atoms with Gasteiger partial charge in [0.25, 0.3) is 0 Å². The molecule has 0 fully saturated rings. The Hall–Kier alpha value is -1.26. The van der Waals surface area contributed by atoms with E-state index < -0.39 is 11.4 Å². The standard InChI is InChI=1S/C14H13BrFNO/c1-14(18,11-6-13(16)9-17-8-11)7-10-2-4-12(15)5-3-10/h2-6,8-9,18H,7H2,1H3. The van der Waals surface area contributed by atoms with Gasteiger partial charge in [0, 0.05) is 22.7 Å². The van der Waals surface area contributed by atoms with Gasteiger partial charge < -0.3 is 5.11 Å². The fourth-order valence-electron chi connectivity index (χ4n) is 1.81. The van der Waals surface area contributed by atoms with E-state index in [1.54, 1.807) is 6.92 Å². The zero-order valence-corrected chi connectivity index (χ0v) is 11.5. The number of hydrogen-bond acceptors (Lipinski definition) is 2. The summed E-state index contributed by atoms with van der Waals surface area (Å²) in [6, 6.07) is 8.98. The van der Waals surface area contributed by atoms with Gasteiger partial charge in [-0.3, -0.25) is 4.98 Å². The van der Waals surface area contributed by atoms with Gasteiger partial charge in [0.15, 0.2) is 0 Å². The molecule has 1 N–H and O–H groups in total. The van der Waals surface area contributed by atoms with Crippen molar-refractivity contribution in [3.63, 3.8) is 0 Å². The van der Waals surface area contributed by atoms with Crippen LogP contribution in [0, 0.1) is 5.82 Å². The minimum atomic E-state index is -1.14. The molecule has 0 spiro atoms. The van der Waals surface area contributed by atoms with E-state index in [2.05, 4.69) is 20.9 Å². The highest BCUT2D eigenvalue weighted by Crippen LogP contribution is 2.25. The van der Waals surface area contributed by atoms with Crippen molar-refractivity contribution >= 4 is 15.9 Å². The van der Waals surface area contributed by atoms with Crippen molar-refractivity contribution in [2.45, 2.75) is 18.9 Å². The van der Waals surface area contributed by atoms with Crippen molar-refractivity contribution in [2.75, 3.05) is 0 Å². The van der Waals surface area contributed by atoms with Crippen LogP contribution in [0.25, 0.3) is 0 Å². The summed E-state index contributed by atoms with van der Waals surface area (Å²) in [6.07, 6.45) is 3.02. The molecule has 1 heterocycles. The number of halogens is 2. The number of hydrogen-bond donors (Lipinski definition) is 1. The molecule has 1 aromatic carbocycles. The Morgan fingerprint density at radius 2 is 1.94 bits per heavy atom. The summed E-state index contributed by atoms with van der Waals surface area (Å²) < 4.78 is 14.1. The molecule has 18 heavy (non-hydrogen) atoms. The molecule has 0 amide bonds. The molecular weight excluding hydrogens is 297 g/mol. The van der Waals surface area contributed by atoms with Gasteiger partial charge in [-0.25, -0.2) is 4.39 Å². The summed E-state index contributed by atoms with van der Waals surface area (Å²) in [5.74, 6) is -0.441. The van der Waals surface area contributed by atoms with Crippen LogP contribution in [0.4, 0.5) is 4.39 Å². The molecule has 4 heteroatoms. The van der Waals surface area contributed by atoms with E-state index in [0.717, 1.165) is 16.2 Å². The van der Waals surface area contributed by atoms with Crippen molar-refractivity contribution in [1.29, 1.82) is 0 Å². The van der Waals surface area contributed by atoms with Crippen molar-refractivity contribution in [1.82, 2.24) is 4.98 Å². The van der Waals surface area contributed by atoms with E-state index in [1.807, 2.05) is 24.3 Å². The van der Waals surface area contributed by atoms with Gasteiger partial charge in [-0.1, -0.05) is 28.1 Å². The fourth-order valence-corrected chi connectivity index (χ4v) is 2.07. The van der Waals surface area contributed by atoms with Crippen LogP contribution in [0.5, 0.6) is 0 Å². The highest BCUT2D eigenvalue weighted by Gasteiger charge is 2.24. The van der Waals surface area contributed by atoms with Gasteiger partial charge in [-0.15, -0.1) is 0 Å². The monoisotopic (exact) mass is 309 g/mol. The number of pyridine rings is 1. The summed E-state index contributed by atoms with van der Waals surface area (Å²) in [5.41, 5.74) is 0.320. The largest absolute Gasteiger partial charge is 0.385 e. The predicted octanol–water partition coefficient (Wildman–Crippen LogP) is 3.43. The lowest BCUT2D eigenvalue weighted by molar-refractivity contribution is 0.0569. The lowest BCUT2D eigenvalue weighted by Gasteiger charge is -2.23. The van der Waals surface area contributed by atoms with Gasteiger partial charge in [0.05, 0.1) is 11.8 Å². The van der Waals surface area contributed by atoms with Crippen LogP contribution < -0.4 is 0 Å². The molecule has 0 aliphatic heterocycles. The van der Waals surface area contributed by atoms with Gasteiger partial charge in [-0.05, 0) is 30.7 Å². The van der Waals surface area contributed by atoms with Crippen molar-refractivity contribution in [3.8, 4) is 0 Å². The molecule has 0 aliphatic carbocycles. The quantitative estimate of drug-likeness (QED) is 0.942. The molecule has 0 aliphatic rings. The minimum Gasteiger partial charge on any atom is -0.385 e. The van der Waals surface area contributed by atoms with Gasteiger partial charge in [0.2, 0.25) is 0 Å². The molecule has 1 aromatic heterocycles. The fraction of sp³-hybridized carbons (Fsp3) is 0.214. The van der Waals surface area contributed by atoms with Gasteiger partial charge >= 0.3 is 0 Å². The molecule has 2 nitrogen and oxygen atoms in total. The van der Waals surface area contributed by atoms with E-state index in [-0.39, 0.29) is 0 Å². The Morgan fingerprint density at radius 3 is 2.56 bits per heavy atom. The molecular formula is C14H13BrFNO. The second-order valence-electron chi connectivity index (χ2n) is 4.47. The second-order valence-corrected chi connectivity index (χ2v) is 5.38. The van der Waals surface area contributed by atoms with Crippen LogP contribution in [-0.4, -0.2) is 10.1 Å². The number of benzene rings is 1.